The normalized spacial score (nSPS) is 12.6. The minimum Gasteiger partial charge on any atom is -0.469 e. The van der Waals surface area contributed by atoms with Gasteiger partial charge in [-0.3, -0.25) is 5.84 Å². The van der Waals surface area contributed by atoms with Gasteiger partial charge in [-0.1, -0.05) is 6.92 Å². The number of nitrogens with one attached hydrogen (secondary N) is 1. The van der Waals surface area contributed by atoms with Crippen molar-refractivity contribution in [2.24, 2.45) is 5.84 Å². The fourth-order valence-electron chi connectivity index (χ4n) is 1.72. The van der Waals surface area contributed by atoms with Crippen molar-refractivity contribution >= 4 is 0 Å². The molecule has 2 heterocycles. The number of rotatable bonds is 4. The van der Waals surface area contributed by atoms with E-state index < -0.39 is 0 Å². The molecule has 3 N–H and O–H groups in total. The number of aryl methyl sites for hydroxylation is 1. The molecule has 0 aliphatic heterocycles. The Hall–Kier alpha value is -1.72. The number of hydrazine groups is 1. The molecule has 0 aliphatic rings. The van der Waals surface area contributed by atoms with Crippen molar-refractivity contribution in [3.05, 3.63) is 47.9 Å². The van der Waals surface area contributed by atoms with Gasteiger partial charge < -0.3 is 4.42 Å². The lowest BCUT2D eigenvalue weighted by Crippen LogP contribution is -2.29. The first kappa shape index (κ1) is 10.8. The highest BCUT2D eigenvalue weighted by molar-refractivity contribution is 5.30. The predicted molar refractivity (Wildman–Crippen MR) is 59.3 cm³/mol. The van der Waals surface area contributed by atoms with Crippen molar-refractivity contribution in [3.8, 4) is 0 Å². The second-order valence-corrected chi connectivity index (χ2v) is 3.42. The van der Waals surface area contributed by atoms with Crippen LogP contribution in [0.2, 0.25) is 0 Å². The molecule has 2 rings (SSSR count). The quantitative estimate of drug-likeness (QED) is 0.595. The lowest BCUT2D eigenvalue weighted by molar-refractivity contribution is 0.501. The smallest absolute Gasteiger partial charge is 0.115 e. The monoisotopic (exact) mass is 218 g/mol. The molecule has 0 aromatic carbocycles. The standard InChI is InChI=1S/C11H14N4O/c1-2-10-9(3-4-16-10)11(15-12)8-5-13-7-14-6-8/h3-7,11,15H,2,12H2,1H3. The van der Waals surface area contributed by atoms with Crippen LogP contribution in [0.5, 0.6) is 0 Å². The van der Waals surface area contributed by atoms with Crippen LogP contribution in [-0.4, -0.2) is 9.97 Å². The summed E-state index contributed by atoms with van der Waals surface area (Å²) in [6, 6.07) is 1.78. The van der Waals surface area contributed by atoms with E-state index in [0.717, 1.165) is 23.3 Å². The van der Waals surface area contributed by atoms with Crippen LogP contribution in [0.4, 0.5) is 0 Å². The van der Waals surface area contributed by atoms with Crippen LogP contribution in [0, 0.1) is 0 Å². The summed E-state index contributed by atoms with van der Waals surface area (Å²) in [5.41, 5.74) is 4.70. The summed E-state index contributed by atoms with van der Waals surface area (Å²) in [6.07, 6.45) is 7.47. The Balaban J connectivity index is 2.37. The zero-order valence-corrected chi connectivity index (χ0v) is 9.05. The first-order valence-corrected chi connectivity index (χ1v) is 5.14. The van der Waals surface area contributed by atoms with Gasteiger partial charge >= 0.3 is 0 Å². The van der Waals surface area contributed by atoms with E-state index in [-0.39, 0.29) is 6.04 Å². The maximum Gasteiger partial charge on any atom is 0.115 e. The van der Waals surface area contributed by atoms with E-state index in [1.807, 2.05) is 13.0 Å². The maximum absolute atomic E-state index is 5.57. The lowest BCUT2D eigenvalue weighted by atomic mass is 10.0. The molecular weight excluding hydrogens is 204 g/mol. The topological polar surface area (TPSA) is 77.0 Å². The molecule has 5 nitrogen and oxygen atoms in total. The predicted octanol–water partition coefficient (Wildman–Crippen LogP) is 1.18. The van der Waals surface area contributed by atoms with Gasteiger partial charge in [0.2, 0.25) is 0 Å². The van der Waals surface area contributed by atoms with Crippen LogP contribution < -0.4 is 11.3 Å². The lowest BCUT2D eigenvalue weighted by Gasteiger charge is -2.15. The summed E-state index contributed by atoms with van der Waals surface area (Å²) >= 11 is 0. The average molecular weight is 218 g/mol. The number of aromatic nitrogens is 2. The van der Waals surface area contributed by atoms with Crippen molar-refractivity contribution in [2.45, 2.75) is 19.4 Å². The first-order valence-electron chi connectivity index (χ1n) is 5.14. The second-order valence-electron chi connectivity index (χ2n) is 3.42. The molecule has 5 heteroatoms. The molecule has 0 saturated heterocycles. The number of furan rings is 1. The van der Waals surface area contributed by atoms with E-state index in [2.05, 4.69) is 15.4 Å². The van der Waals surface area contributed by atoms with E-state index in [4.69, 9.17) is 10.3 Å². The van der Waals surface area contributed by atoms with Crippen LogP contribution in [0.25, 0.3) is 0 Å². The fourth-order valence-corrected chi connectivity index (χ4v) is 1.72. The molecule has 0 spiro atoms. The van der Waals surface area contributed by atoms with E-state index in [9.17, 15) is 0 Å². The Morgan fingerprint density at radius 2 is 2.19 bits per heavy atom. The SMILES string of the molecule is CCc1occc1C(NN)c1cncnc1. The number of hydrogen-bond acceptors (Lipinski definition) is 5. The molecule has 0 amide bonds. The van der Waals surface area contributed by atoms with Gasteiger partial charge in [-0.15, -0.1) is 0 Å². The Labute approximate surface area is 93.7 Å². The molecule has 1 unspecified atom stereocenters. The van der Waals surface area contributed by atoms with Gasteiger partial charge in [0.05, 0.1) is 12.3 Å². The average Bonchev–Trinajstić information content (AvgIpc) is 2.80. The largest absolute Gasteiger partial charge is 0.469 e. The highest BCUT2D eigenvalue weighted by Gasteiger charge is 2.17. The highest BCUT2D eigenvalue weighted by Crippen LogP contribution is 2.24. The third-order valence-corrected chi connectivity index (χ3v) is 2.49. The fraction of sp³-hybridized carbons (Fsp3) is 0.273. The van der Waals surface area contributed by atoms with Crippen LogP contribution in [0.15, 0.2) is 35.5 Å². The van der Waals surface area contributed by atoms with Crippen molar-refractivity contribution < 1.29 is 4.42 Å². The number of nitrogens with zero attached hydrogens (tertiary/aromatic N) is 2. The van der Waals surface area contributed by atoms with Gasteiger partial charge in [0, 0.05) is 29.9 Å². The van der Waals surface area contributed by atoms with Crippen molar-refractivity contribution in [2.75, 3.05) is 0 Å². The summed E-state index contributed by atoms with van der Waals surface area (Å²) < 4.78 is 5.38. The van der Waals surface area contributed by atoms with Gasteiger partial charge in [-0.05, 0) is 6.07 Å². The zero-order chi connectivity index (χ0) is 11.4. The maximum atomic E-state index is 5.57. The molecule has 0 aliphatic carbocycles. The van der Waals surface area contributed by atoms with E-state index >= 15 is 0 Å². The summed E-state index contributed by atoms with van der Waals surface area (Å²) in [6.45, 7) is 2.04. The Morgan fingerprint density at radius 1 is 1.44 bits per heavy atom. The molecule has 1 atom stereocenters. The third kappa shape index (κ3) is 1.95. The van der Waals surface area contributed by atoms with Crippen molar-refractivity contribution in [3.63, 3.8) is 0 Å². The molecule has 2 aromatic rings. The van der Waals surface area contributed by atoms with E-state index in [1.54, 1.807) is 18.7 Å². The molecule has 0 saturated carbocycles. The van der Waals surface area contributed by atoms with E-state index in [1.165, 1.54) is 6.33 Å². The summed E-state index contributed by atoms with van der Waals surface area (Å²) in [5.74, 6) is 6.50. The molecule has 2 aromatic heterocycles. The van der Waals surface area contributed by atoms with Gasteiger partial charge in [0.25, 0.3) is 0 Å². The Kier molecular flexibility index (Phi) is 3.28. The van der Waals surface area contributed by atoms with Crippen LogP contribution in [0.1, 0.15) is 29.9 Å². The Bertz CT molecular complexity index is 440. The van der Waals surface area contributed by atoms with Crippen LogP contribution in [-0.2, 0) is 6.42 Å². The van der Waals surface area contributed by atoms with Gasteiger partial charge in [0.15, 0.2) is 0 Å². The minimum atomic E-state index is -0.130. The van der Waals surface area contributed by atoms with Crippen molar-refractivity contribution in [1.29, 1.82) is 0 Å². The number of hydrogen-bond donors (Lipinski definition) is 2. The third-order valence-electron chi connectivity index (χ3n) is 2.49. The van der Waals surface area contributed by atoms with Crippen LogP contribution in [0.3, 0.4) is 0 Å². The molecule has 0 fully saturated rings. The molecule has 0 radical (unpaired) electrons. The van der Waals surface area contributed by atoms with Crippen molar-refractivity contribution in [1.82, 2.24) is 15.4 Å². The van der Waals surface area contributed by atoms with E-state index in [0.29, 0.717) is 0 Å². The summed E-state index contributed by atoms with van der Waals surface area (Å²) in [4.78, 5) is 7.96. The molecule has 16 heavy (non-hydrogen) atoms. The highest BCUT2D eigenvalue weighted by atomic mass is 16.3. The zero-order valence-electron chi connectivity index (χ0n) is 9.05. The minimum absolute atomic E-state index is 0.130. The van der Waals surface area contributed by atoms with Gasteiger partial charge in [0.1, 0.15) is 12.1 Å². The molecule has 84 valence electrons. The second kappa shape index (κ2) is 4.87. The summed E-state index contributed by atoms with van der Waals surface area (Å²) in [5, 5.41) is 0. The molecule has 0 bridgehead atoms. The number of nitrogens with two attached hydrogens (primary N) is 1. The van der Waals surface area contributed by atoms with Gasteiger partial charge in [-0.25, -0.2) is 15.4 Å². The Morgan fingerprint density at radius 3 is 2.81 bits per heavy atom. The first-order chi connectivity index (χ1) is 7.86. The summed E-state index contributed by atoms with van der Waals surface area (Å²) in [7, 11) is 0. The van der Waals surface area contributed by atoms with Crippen LogP contribution >= 0.6 is 0 Å². The van der Waals surface area contributed by atoms with Gasteiger partial charge in [-0.2, -0.15) is 0 Å². The molecular formula is C11H14N4O.